The normalized spacial score (nSPS) is 15.1. The molecule has 1 aliphatic heterocycles. The molecule has 2 heterocycles. The van der Waals surface area contributed by atoms with Crippen LogP contribution in [0, 0.1) is 17.6 Å². The summed E-state index contributed by atoms with van der Waals surface area (Å²) in [5.41, 5.74) is 1.80. The van der Waals surface area contributed by atoms with Crippen molar-refractivity contribution >= 4 is 11.8 Å². The highest BCUT2D eigenvalue weighted by atomic mass is 19.1. The number of likely N-dealkylation sites (N-methyl/N-ethyl adjacent to an activating group) is 1. The highest BCUT2D eigenvalue weighted by Crippen LogP contribution is 2.28. The van der Waals surface area contributed by atoms with E-state index in [9.17, 15) is 18.4 Å². The number of carbonyl (C=O) groups excluding carboxylic acids is 2. The molecule has 4 rings (SSSR count). The van der Waals surface area contributed by atoms with Crippen LogP contribution in [0.25, 0.3) is 5.69 Å². The molecule has 0 radical (unpaired) electrons. The summed E-state index contributed by atoms with van der Waals surface area (Å²) in [6, 6.07) is 12.5. The topological polar surface area (TPSA) is 58.4 Å². The van der Waals surface area contributed by atoms with Gasteiger partial charge in [0.05, 0.1) is 5.69 Å². The van der Waals surface area contributed by atoms with Gasteiger partial charge >= 0.3 is 0 Å². The van der Waals surface area contributed by atoms with E-state index in [1.807, 2.05) is 35.4 Å². The second-order valence-electron chi connectivity index (χ2n) is 9.00. The maximum absolute atomic E-state index is 14.4. The average molecular weight is 481 g/mol. The van der Waals surface area contributed by atoms with Crippen molar-refractivity contribution in [2.45, 2.75) is 38.6 Å². The average Bonchev–Trinajstić information content (AvgIpc) is 3.42. The number of nitrogens with zero attached hydrogens (tertiary/aromatic N) is 4. The third-order valence-corrected chi connectivity index (χ3v) is 6.87. The van der Waals surface area contributed by atoms with Gasteiger partial charge in [-0.05, 0) is 61.1 Å². The van der Waals surface area contributed by atoms with Crippen LogP contribution >= 0.6 is 0 Å². The second-order valence-corrected chi connectivity index (χ2v) is 9.00. The highest BCUT2D eigenvalue weighted by molar-refractivity contribution is 5.94. The molecule has 184 valence electrons. The molecule has 2 amide bonds. The predicted octanol–water partition coefficient (Wildman–Crippen LogP) is 4.48. The molecule has 6 nitrogen and oxygen atoms in total. The second kappa shape index (κ2) is 10.8. The van der Waals surface area contributed by atoms with Crippen LogP contribution in [0.3, 0.4) is 0 Å². The van der Waals surface area contributed by atoms with Crippen molar-refractivity contribution in [1.82, 2.24) is 19.6 Å². The van der Waals surface area contributed by atoms with Crippen LogP contribution in [0.15, 0.2) is 60.9 Å². The predicted molar refractivity (Wildman–Crippen MR) is 129 cm³/mol. The molecule has 0 saturated carbocycles. The van der Waals surface area contributed by atoms with Gasteiger partial charge < -0.3 is 9.80 Å². The maximum atomic E-state index is 14.4. The van der Waals surface area contributed by atoms with E-state index < -0.39 is 11.6 Å². The van der Waals surface area contributed by atoms with E-state index in [2.05, 4.69) is 5.10 Å². The number of likely N-dealkylation sites (tertiary alicyclic amines) is 1. The molecule has 0 bridgehead atoms. The minimum Gasteiger partial charge on any atom is -0.342 e. The number of hydrogen-bond acceptors (Lipinski definition) is 3. The first-order chi connectivity index (χ1) is 16.9. The number of aromatic nitrogens is 2. The number of benzene rings is 2. The van der Waals surface area contributed by atoms with Crippen LogP contribution in [0.2, 0.25) is 0 Å². The molecule has 0 unspecified atom stereocenters. The Morgan fingerprint density at radius 3 is 2.54 bits per heavy atom. The molecule has 0 aliphatic carbocycles. The third-order valence-electron chi connectivity index (χ3n) is 6.87. The van der Waals surface area contributed by atoms with Crippen LogP contribution in [-0.2, 0) is 11.2 Å². The van der Waals surface area contributed by atoms with Gasteiger partial charge in [0, 0.05) is 56.6 Å². The lowest BCUT2D eigenvalue weighted by molar-refractivity contribution is -0.133. The van der Waals surface area contributed by atoms with Gasteiger partial charge in [0.2, 0.25) is 5.91 Å². The van der Waals surface area contributed by atoms with E-state index in [1.54, 1.807) is 35.8 Å². The summed E-state index contributed by atoms with van der Waals surface area (Å²) in [6.45, 7) is 2.89. The Morgan fingerprint density at radius 1 is 1.11 bits per heavy atom. The Bertz CT molecular complexity index is 1170. The van der Waals surface area contributed by atoms with Crippen molar-refractivity contribution in [2.24, 2.45) is 5.92 Å². The number of amides is 2. The fraction of sp³-hybridized carbons (Fsp3) is 0.370. The molecule has 8 heteroatoms. The summed E-state index contributed by atoms with van der Waals surface area (Å²) in [6.07, 6.45) is 5.56. The van der Waals surface area contributed by atoms with E-state index in [-0.39, 0.29) is 23.8 Å². The van der Waals surface area contributed by atoms with Crippen molar-refractivity contribution < 1.29 is 18.4 Å². The SMILES string of the molecule is CCC(=O)N(C)[C@@H](Cc1ccc(F)cc1F)C1CCN(C(=O)c2cccc(-n3cccn3)c2)CC1. The summed E-state index contributed by atoms with van der Waals surface area (Å²) in [5, 5.41) is 4.22. The number of halogens is 2. The summed E-state index contributed by atoms with van der Waals surface area (Å²) in [4.78, 5) is 29.2. The maximum Gasteiger partial charge on any atom is 0.253 e. The van der Waals surface area contributed by atoms with Crippen molar-refractivity contribution in [2.75, 3.05) is 20.1 Å². The zero-order valence-electron chi connectivity index (χ0n) is 20.0. The Labute approximate surface area is 204 Å². The lowest BCUT2D eigenvalue weighted by atomic mass is 9.84. The smallest absolute Gasteiger partial charge is 0.253 e. The number of rotatable bonds is 7. The van der Waals surface area contributed by atoms with Crippen molar-refractivity contribution in [3.8, 4) is 5.69 Å². The minimum atomic E-state index is -0.621. The third kappa shape index (κ3) is 5.58. The Morgan fingerprint density at radius 2 is 1.89 bits per heavy atom. The highest BCUT2D eigenvalue weighted by Gasteiger charge is 2.33. The van der Waals surface area contributed by atoms with Gasteiger partial charge in [0.15, 0.2) is 0 Å². The van der Waals surface area contributed by atoms with Crippen LogP contribution in [0.4, 0.5) is 8.78 Å². The minimum absolute atomic E-state index is 0.0218. The van der Waals surface area contributed by atoms with Crippen molar-refractivity contribution in [1.29, 1.82) is 0 Å². The lowest BCUT2D eigenvalue weighted by Gasteiger charge is -2.40. The van der Waals surface area contributed by atoms with Gasteiger partial charge in [0.1, 0.15) is 11.6 Å². The van der Waals surface area contributed by atoms with Gasteiger partial charge in [0.25, 0.3) is 5.91 Å². The summed E-state index contributed by atoms with van der Waals surface area (Å²) in [7, 11) is 1.75. The summed E-state index contributed by atoms with van der Waals surface area (Å²) in [5.74, 6) is -1.19. The molecular weight excluding hydrogens is 450 g/mol. The zero-order valence-corrected chi connectivity index (χ0v) is 20.0. The fourth-order valence-electron chi connectivity index (χ4n) is 4.84. The standard InChI is InChI=1S/C27H30F2N4O2/c1-3-26(34)31(2)25(17-20-8-9-22(28)18-24(20)29)19-10-14-32(15-11-19)27(35)21-6-4-7-23(16-21)33-13-5-12-30-33/h4-9,12-13,16,18-19,25H,3,10-11,14-15,17H2,1-2H3/t25-/m0/s1. The van der Waals surface area contributed by atoms with Crippen LogP contribution in [-0.4, -0.2) is 57.6 Å². The van der Waals surface area contributed by atoms with Crippen molar-refractivity contribution in [3.63, 3.8) is 0 Å². The van der Waals surface area contributed by atoms with Crippen LogP contribution in [0.5, 0.6) is 0 Å². The molecule has 0 spiro atoms. The van der Waals surface area contributed by atoms with Crippen LogP contribution < -0.4 is 0 Å². The molecule has 3 aromatic rings. The largest absolute Gasteiger partial charge is 0.342 e. The number of carbonyl (C=O) groups is 2. The van der Waals surface area contributed by atoms with E-state index in [4.69, 9.17) is 0 Å². The monoisotopic (exact) mass is 480 g/mol. The van der Waals surface area contributed by atoms with E-state index in [1.165, 1.54) is 12.1 Å². The Hall–Kier alpha value is -3.55. The van der Waals surface area contributed by atoms with E-state index >= 15 is 0 Å². The van der Waals surface area contributed by atoms with Crippen LogP contribution in [0.1, 0.15) is 42.1 Å². The van der Waals surface area contributed by atoms with Gasteiger partial charge in [-0.15, -0.1) is 0 Å². The molecule has 1 aromatic heterocycles. The molecule has 1 fully saturated rings. The molecule has 35 heavy (non-hydrogen) atoms. The first-order valence-corrected chi connectivity index (χ1v) is 12.0. The van der Waals surface area contributed by atoms with E-state index in [0.717, 1.165) is 11.8 Å². The first-order valence-electron chi connectivity index (χ1n) is 12.0. The number of piperidine rings is 1. The Kier molecular flexibility index (Phi) is 7.58. The zero-order chi connectivity index (χ0) is 24.9. The quantitative estimate of drug-likeness (QED) is 0.501. The molecule has 2 aromatic carbocycles. The molecule has 1 saturated heterocycles. The van der Waals surface area contributed by atoms with Crippen molar-refractivity contribution in [3.05, 3.63) is 83.7 Å². The van der Waals surface area contributed by atoms with Gasteiger partial charge in [-0.2, -0.15) is 5.10 Å². The number of hydrogen-bond donors (Lipinski definition) is 0. The fourth-order valence-corrected chi connectivity index (χ4v) is 4.84. The first kappa shape index (κ1) is 24.6. The summed E-state index contributed by atoms with van der Waals surface area (Å²) < 4.78 is 29.5. The van der Waals surface area contributed by atoms with Gasteiger partial charge in [-0.25, -0.2) is 13.5 Å². The molecule has 1 atom stereocenters. The molecule has 1 aliphatic rings. The Balaban J connectivity index is 1.46. The van der Waals surface area contributed by atoms with Gasteiger partial charge in [-0.3, -0.25) is 9.59 Å². The molecule has 0 N–H and O–H groups in total. The molecular formula is C27H30F2N4O2. The van der Waals surface area contributed by atoms with Gasteiger partial charge in [-0.1, -0.05) is 19.1 Å². The van der Waals surface area contributed by atoms with E-state index in [0.29, 0.717) is 49.9 Å². The lowest BCUT2D eigenvalue weighted by Crippen LogP contribution is -2.48. The summed E-state index contributed by atoms with van der Waals surface area (Å²) >= 11 is 0.